The molecule has 0 bridgehead atoms. The summed E-state index contributed by atoms with van der Waals surface area (Å²) in [7, 11) is 1.57. The molecule has 0 spiro atoms. The Morgan fingerprint density at radius 3 is 2.69 bits per heavy atom. The van der Waals surface area contributed by atoms with Crippen molar-refractivity contribution < 1.29 is 14.3 Å². The lowest BCUT2D eigenvalue weighted by Crippen LogP contribution is -2.31. The summed E-state index contributed by atoms with van der Waals surface area (Å²) < 4.78 is 13.2. The number of hydrogen-bond donors (Lipinski definition) is 2. The molecular formula is C27H25N5O3. The van der Waals surface area contributed by atoms with Gasteiger partial charge < -0.3 is 20.1 Å². The highest BCUT2D eigenvalue weighted by molar-refractivity contribution is 6.06. The minimum atomic E-state index is -0.497. The standard InChI is InChI=1S/C27H25N5O3/c1-18-24(26(33)31-22-13-6-7-14-23(22)34-2)25(32-27(30-18)28-17-29-32)20-11-8-12-21(15-20)35-16-19-9-4-3-5-10-19/h3-15,17,25H,16H2,1-2H3,(H,31,33)(H,28,29,30)/t25-/m1/s1. The van der Waals surface area contributed by atoms with Gasteiger partial charge in [0.2, 0.25) is 5.95 Å². The molecule has 0 unspecified atom stereocenters. The number of methoxy groups -OCH3 is 1. The van der Waals surface area contributed by atoms with Crippen LogP contribution in [0.5, 0.6) is 11.5 Å². The van der Waals surface area contributed by atoms with Gasteiger partial charge in [0.05, 0.1) is 18.4 Å². The first-order valence-corrected chi connectivity index (χ1v) is 11.2. The van der Waals surface area contributed by atoms with Gasteiger partial charge in [0, 0.05) is 5.70 Å². The second-order valence-corrected chi connectivity index (χ2v) is 8.10. The Balaban J connectivity index is 1.48. The second-order valence-electron chi connectivity index (χ2n) is 8.10. The molecule has 0 aliphatic carbocycles. The molecule has 2 N–H and O–H groups in total. The third kappa shape index (κ3) is 4.59. The Hall–Kier alpha value is -4.59. The first-order chi connectivity index (χ1) is 17.1. The van der Waals surface area contributed by atoms with Crippen LogP contribution in [0.1, 0.15) is 24.1 Å². The maximum absolute atomic E-state index is 13.6. The minimum absolute atomic E-state index is 0.263. The second kappa shape index (κ2) is 9.72. The monoisotopic (exact) mass is 467 g/mol. The van der Waals surface area contributed by atoms with E-state index in [0.717, 1.165) is 11.1 Å². The first kappa shape index (κ1) is 22.2. The zero-order valence-electron chi connectivity index (χ0n) is 19.4. The highest BCUT2D eigenvalue weighted by Crippen LogP contribution is 2.37. The van der Waals surface area contributed by atoms with E-state index in [1.165, 1.54) is 6.33 Å². The zero-order valence-corrected chi connectivity index (χ0v) is 19.4. The molecule has 0 saturated heterocycles. The average molecular weight is 468 g/mol. The van der Waals surface area contributed by atoms with Crippen LogP contribution in [0, 0.1) is 0 Å². The van der Waals surface area contributed by atoms with E-state index in [2.05, 4.69) is 20.7 Å². The van der Waals surface area contributed by atoms with Crippen molar-refractivity contribution in [1.29, 1.82) is 0 Å². The molecule has 176 valence electrons. The lowest BCUT2D eigenvalue weighted by Gasteiger charge is -2.29. The van der Waals surface area contributed by atoms with E-state index in [-0.39, 0.29) is 5.91 Å². The van der Waals surface area contributed by atoms with Gasteiger partial charge >= 0.3 is 0 Å². The van der Waals surface area contributed by atoms with Gasteiger partial charge in [-0.15, -0.1) is 0 Å². The van der Waals surface area contributed by atoms with Crippen LogP contribution in [0.3, 0.4) is 0 Å². The number of hydrogen-bond acceptors (Lipinski definition) is 6. The molecule has 8 nitrogen and oxygen atoms in total. The maximum Gasteiger partial charge on any atom is 0.255 e. The van der Waals surface area contributed by atoms with Gasteiger partial charge in [-0.3, -0.25) is 4.79 Å². The number of amides is 1. The molecule has 1 aliphatic heterocycles. The number of aromatic nitrogens is 3. The Bertz CT molecular complexity index is 1380. The SMILES string of the molecule is COc1ccccc1NC(=O)C1=C(C)Nc2ncnn2[C@@H]1c1cccc(OCc2ccccc2)c1. The fraction of sp³-hybridized carbons (Fsp3) is 0.148. The number of nitrogens with one attached hydrogen (secondary N) is 2. The number of carbonyl (C=O) groups is 1. The predicted octanol–water partition coefficient (Wildman–Crippen LogP) is 4.79. The highest BCUT2D eigenvalue weighted by Gasteiger charge is 2.34. The number of nitrogens with zero attached hydrogens (tertiary/aromatic N) is 3. The van der Waals surface area contributed by atoms with Crippen LogP contribution in [-0.4, -0.2) is 27.8 Å². The molecule has 1 amide bonds. The molecule has 3 aromatic carbocycles. The summed E-state index contributed by atoms with van der Waals surface area (Å²) >= 11 is 0. The molecule has 8 heteroatoms. The van der Waals surface area contributed by atoms with Gasteiger partial charge in [0.1, 0.15) is 30.5 Å². The topological polar surface area (TPSA) is 90.3 Å². The van der Waals surface area contributed by atoms with Crippen LogP contribution >= 0.6 is 0 Å². The summed E-state index contributed by atoms with van der Waals surface area (Å²) in [5.74, 6) is 1.59. The van der Waals surface area contributed by atoms with Crippen molar-refractivity contribution >= 4 is 17.5 Å². The van der Waals surface area contributed by atoms with Gasteiger partial charge in [-0.2, -0.15) is 10.1 Å². The third-order valence-corrected chi connectivity index (χ3v) is 5.82. The van der Waals surface area contributed by atoms with Crippen molar-refractivity contribution in [1.82, 2.24) is 14.8 Å². The van der Waals surface area contributed by atoms with Crippen LogP contribution in [0.2, 0.25) is 0 Å². The van der Waals surface area contributed by atoms with Crippen LogP contribution < -0.4 is 20.1 Å². The quantitative estimate of drug-likeness (QED) is 0.406. The van der Waals surface area contributed by atoms with Crippen LogP contribution in [0.4, 0.5) is 11.6 Å². The van der Waals surface area contributed by atoms with Crippen molar-refractivity contribution in [3.05, 3.63) is 108 Å². The predicted molar refractivity (Wildman–Crippen MR) is 133 cm³/mol. The summed E-state index contributed by atoms with van der Waals surface area (Å²) in [4.78, 5) is 17.9. The summed E-state index contributed by atoms with van der Waals surface area (Å²) in [5, 5.41) is 10.6. The lowest BCUT2D eigenvalue weighted by atomic mass is 9.94. The summed E-state index contributed by atoms with van der Waals surface area (Å²) in [6, 6.07) is 24.5. The van der Waals surface area contributed by atoms with E-state index in [9.17, 15) is 4.79 Å². The number of ether oxygens (including phenoxy) is 2. The van der Waals surface area contributed by atoms with Gasteiger partial charge in [-0.25, -0.2) is 4.68 Å². The van der Waals surface area contributed by atoms with Crippen molar-refractivity contribution in [2.45, 2.75) is 19.6 Å². The van der Waals surface area contributed by atoms with E-state index < -0.39 is 6.04 Å². The van der Waals surface area contributed by atoms with Crippen molar-refractivity contribution in [3.63, 3.8) is 0 Å². The molecule has 4 aromatic rings. The van der Waals surface area contributed by atoms with Crippen molar-refractivity contribution in [2.24, 2.45) is 0 Å². The fourth-order valence-corrected chi connectivity index (χ4v) is 4.15. The Labute approximate surface area is 203 Å². The Morgan fingerprint density at radius 2 is 1.86 bits per heavy atom. The summed E-state index contributed by atoms with van der Waals surface area (Å²) in [6.45, 7) is 2.30. The Kier molecular flexibility index (Phi) is 6.17. The Morgan fingerprint density at radius 1 is 1.06 bits per heavy atom. The van der Waals surface area contributed by atoms with Gasteiger partial charge in [-0.05, 0) is 42.3 Å². The van der Waals surface area contributed by atoms with E-state index in [4.69, 9.17) is 9.47 Å². The molecule has 1 aliphatic rings. The average Bonchev–Trinajstić information content (AvgIpc) is 3.35. The van der Waals surface area contributed by atoms with Gasteiger partial charge in [-0.1, -0.05) is 54.6 Å². The highest BCUT2D eigenvalue weighted by atomic mass is 16.5. The van der Waals surface area contributed by atoms with Crippen LogP contribution in [0.15, 0.2) is 96.5 Å². The molecular weight excluding hydrogens is 442 g/mol. The normalized spacial score (nSPS) is 14.6. The molecule has 1 aromatic heterocycles. The number of para-hydroxylation sites is 2. The molecule has 2 heterocycles. The number of anilines is 2. The number of allylic oxidation sites excluding steroid dienone is 1. The van der Waals surface area contributed by atoms with Crippen molar-refractivity contribution in [2.75, 3.05) is 17.7 Å². The number of fused-ring (bicyclic) bond motifs is 1. The fourth-order valence-electron chi connectivity index (χ4n) is 4.15. The summed E-state index contributed by atoms with van der Waals surface area (Å²) in [5.41, 5.74) is 3.73. The number of carbonyl (C=O) groups excluding carboxylic acids is 1. The zero-order chi connectivity index (χ0) is 24.2. The van der Waals surface area contributed by atoms with E-state index in [0.29, 0.717) is 41.0 Å². The molecule has 0 radical (unpaired) electrons. The number of rotatable bonds is 7. The van der Waals surface area contributed by atoms with Crippen molar-refractivity contribution in [3.8, 4) is 11.5 Å². The van der Waals surface area contributed by atoms with Gasteiger partial charge in [0.15, 0.2) is 0 Å². The van der Waals surface area contributed by atoms with Crippen LogP contribution in [-0.2, 0) is 11.4 Å². The maximum atomic E-state index is 13.6. The molecule has 0 fully saturated rings. The molecule has 1 atom stereocenters. The van der Waals surface area contributed by atoms with E-state index in [1.807, 2.05) is 73.7 Å². The molecule has 5 rings (SSSR count). The smallest absolute Gasteiger partial charge is 0.255 e. The lowest BCUT2D eigenvalue weighted by molar-refractivity contribution is -0.113. The number of benzene rings is 3. The first-order valence-electron chi connectivity index (χ1n) is 11.2. The van der Waals surface area contributed by atoms with E-state index in [1.54, 1.807) is 23.9 Å². The summed E-state index contributed by atoms with van der Waals surface area (Å²) in [6.07, 6.45) is 1.47. The molecule has 0 saturated carbocycles. The van der Waals surface area contributed by atoms with Crippen LogP contribution in [0.25, 0.3) is 0 Å². The third-order valence-electron chi connectivity index (χ3n) is 5.82. The largest absolute Gasteiger partial charge is 0.495 e. The van der Waals surface area contributed by atoms with Gasteiger partial charge in [0.25, 0.3) is 5.91 Å². The van der Waals surface area contributed by atoms with E-state index >= 15 is 0 Å². The molecule has 35 heavy (non-hydrogen) atoms. The minimum Gasteiger partial charge on any atom is -0.495 e.